The summed E-state index contributed by atoms with van der Waals surface area (Å²) in [4.78, 5) is 24.3. The molecular formula is C11H15F2NO3. The maximum absolute atomic E-state index is 13.0. The number of hydrogen-bond acceptors (Lipinski definition) is 3. The zero-order valence-electron chi connectivity index (χ0n) is 9.42. The molecule has 1 heterocycles. The van der Waals surface area contributed by atoms with E-state index in [9.17, 15) is 18.4 Å². The molecule has 1 N–H and O–H groups in total. The van der Waals surface area contributed by atoms with Crippen molar-refractivity contribution in [2.45, 2.75) is 38.0 Å². The smallest absolute Gasteiger partial charge is 0.288 e. The molecule has 2 rings (SSSR count). The van der Waals surface area contributed by atoms with Crippen LogP contribution in [0, 0.1) is 5.41 Å². The van der Waals surface area contributed by atoms with Crippen LogP contribution in [-0.4, -0.2) is 40.9 Å². The Bertz CT molecular complexity index is 351. The highest BCUT2D eigenvalue weighted by Crippen LogP contribution is 2.47. The summed E-state index contributed by atoms with van der Waals surface area (Å²) in [5, 5.41) is 8.48. The molecule has 0 aromatic rings. The number of rotatable bonds is 3. The number of imide groups is 1. The van der Waals surface area contributed by atoms with Crippen molar-refractivity contribution in [1.82, 2.24) is 4.90 Å². The van der Waals surface area contributed by atoms with Crippen LogP contribution in [0.1, 0.15) is 32.1 Å². The Hall–Kier alpha value is -1.04. The van der Waals surface area contributed by atoms with Crippen molar-refractivity contribution >= 4 is 11.8 Å². The largest absolute Gasteiger partial charge is 0.390 e. The minimum Gasteiger partial charge on any atom is -0.390 e. The fourth-order valence-corrected chi connectivity index (χ4v) is 2.74. The van der Waals surface area contributed by atoms with Gasteiger partial charge in [0.25, 0.3) is 5.92 Å². The van der Waals surface area contributed by atoms with Crippen LogP contribution in [0.5, 0.6) is 0 Å². The maximum atomic E-state index is 13.0. The molecule has 2 amide bonds. The Balaban J connectivity index is 2.14. The van der Waals surface area contributed by atoms with Crippen molar-refractivity contribution in [1.29, 1.82) is 0 Å². The van der Waals surface area contributed by atoms with Crippen LogP contribution in [0.15, 0.2) is 0 Å². The van der Waals surface area contributed by atoms with E-state index in [4.69, 9.17) is 5.11 Å². The molecule has 2 aliphatic rings. The molecule has 0 radical (unpaired) electrons. The Labute approximate surface area is 97.6 Å². The Kier molecular flexibility index (Phi) is 2.93. The quantitative estimate of drug-likeness (QED) is 0.755. The molecule has 0 bridgehead atoms. The first-order valence-corrected chi connectivity index (χ1v) is 5.74. The number of halogens is 2. The van der Waals surface area contributed by atoms with Gasteiger partial charge in [0.2, 0.25) is 11.8 Å². The highest BCUT2D eigenvalue weighted by Gasteiger charge is 2.54. The summed E-state index contributed by atoms with van der Waals surface area (Å²) in [5.41, 5.74) is -0.720. The van der Waals surface area contributed by atoms with E-state index in [2.05, 4.69) is 0 Å². The molecule has 0 aromatic heterocycles. The summed E-state index contributed by atoms with van der Waals surface area (Å²) >= 11 is 0. The van der Waals surface area contributed by atoms with E-state index < -0.39 is 36.3 Å². The molecule has 0 unspecified atom stereocenters. The SMILES string of the molecule is O=C1CC2(CCCC2)C(=O)N1CC(F)(F)CO. The molecule has 96 valence electrons. The number of amides is 2. The summed E-state index contributed by atoms with van der Waals surface area (Å²) in [7, 11) is 0. The number of aliphatic hydroxyl groups is 1. The highest BCUT2D eigenvalue weighted by atomic mass is 19.3. The molecular weight excluding hydrogens is 232 g/mol. The predicted octanol–water partition coefficient (Wildman–Crippen LogP) is 0.933. The molecule has 1 aliphatic carbocycles. The fraction of sp³-hybridized carbons (Fsp3) is 0.818. The molecule has 1 saturated carbocycles. The van der Waals surface area contributed by atoms with Gasteiger partial charge in [-0.2, -0.15) is 0 Å². The van der Waals surface area contributed by atoms with Gasteiger partial charge in [-0.15, -0.1) is 0 Å². The van der Waals surface area contributed by atoms with E-state index >= 15 is 0 Å². The van der Waals surface area contributed by atoms with Crippen molar-refractivity contribution in [3.8, 4) is 0 Å². The van der Waals surface area contributed by atoms with Crippen molar-refractivity contribution in [2.24, 2.45) is 5.41 Å². The van der Waals surface area contributed by atoms with Crippen molar-refractivity contribution < 1.29 is 23.5 Å². The fourth-order valence-electron chi connectivity index (χ4n) is 2.74. The first kappa shape index (κ1) is 12.4. The second-order valence-electron chi connectivity index (χ2n) is 4.96. The maximum Gasteiger partial charge on any atom is 0.288 e. The van der Waals surface area contributed by atoms with Crippen molar-refractivity contribution in [3.05, 3.63) is 0 Å². The van der Waals surface area contributed by atoms with Gasteiger partial charge in [-0.05, 0) is 12.8 Å². The number of likely N-dealkylation sites (tertiary alicyclic amines) is 1. The number of aliphatic hydroxyl groups excluding tert-OH is 1. The highest BCUT2D eigenvalue weighted by molar-refractivity contribution is 6.06. The number of carbonyl (C=O) groups is 2. The van der Waals surface area contributed by atoms with E-state index in [0.717, 1.165) is 12.8 Å². The third kappa shape index (κ3) is 2.06. The topological polar surface area (TPSA) is 57.6 Å². The van der Waals surface area contributed by atoms with E-state index in [0.29, 0.717) is 17.7 Å². The second kappa shape index (κ2) is 4.01. The van der Waals surface area contributed by atoms with E-state index in [-0.39, 0.29) is 6.42 Å². The molecule has 1 spiro atoms. The van der Waals surface area contributed by atoms with Gasteiger partial charge in [-0.3, -0.25) is 14.5 Å². The summed E-state index contributed by atoms with van der Waals surface area (Å²) in [6, 6.07) is 0. The number of carbonyl (C=O) groups excluding carboxylic acids is 2. The Morgan fingerprint density at radius 1 is 1.29 bits per heavy atom. The lowest BCUT2D eigenvalue weighted by Gasteiger charge is -2.23. The minimum absolute atomic E-state index is 0.0490. The van der Waals surface area contributed by atoms with Gasteiger partial charge in [0.05, 0.1) is 12.0 Å². The van der Waals surface area contributed by atoms with Crippen LogP contribution < -0.4 is 0 Å². The van der Waals surface area contributed by atoms with E-state index in [1.807, 2.05) is 0 Å². The van der Waals surface area contributed by atoms with Crippen LogP contribution in [-0.2, 0) is 9.59 Å². The molecule has 2 fully saturated rings. The summed E-state index contributed by atoms with van der Waals surface area (Å²) < 4.78 is 26.1. The second-order valence-corrected chi connectivity index (χ2v) is 4.96. The average Bonchev–Trinajstić information content (AvgIpc) is 2.81. The van der Waals surface area contributed by atoms with E-state index in [1.54, 1.807) is 0 Å². The standard InChI is InChI=1S/C11H15F2NO3/c12-11(13,7-15)6-14-8(16)5-10(9(14)17)3-1-2-4-10/h15H,1-7H2. The summed E-state index contributed by atoms with van der Waals surface area (Å²) in [6.45, 7) is -2.35. The molecule has 6 heteroatoms. The first-order valence-electron chi connectivity index (χ1n) is 5.74. The predicted molar refractivity (Wildman–Crippen MR) is 54.3 cm³/mol. The molecule has 4 nitrogen and oxygen atoms in total. The lowest BCUT2D eigenvalue weighted by molar-refractivity contribution is -0.149. The van der Waals surface area contributed by atoms with Gasteiger partial charge in [-0.25, -0.2) is 8.78 Å². The van der Waals surface area contributed by atoms with Crippen LogP contribution in [0.2, 0.25) is 0 Å². The van der Waals surface area contributed by atoms with Crippen molar-refractivity contribution in [3.63, 3.8) is 0 Å². The average molecular weight is 247 g/mol. The van der Waals surface area contributed by atoms with Gasteiger partial charge in [0.1, 0.15) is 6.61 Å². The van der Waals surface area contributed by atoms with E-state index in [1.165, 1.54) is 0 Å². The van der Waals surface area contributed by atoms with Gasteiger partial charge in [0, 0.05) is 6.42 Å². The Morgan fingerprint density at radius 3 is 2.41 bits per heavy atom. The normalized spacial score (nSPS) is 24.1. The van der Waals surface area contributed by atoms with Gasteiger partial charge >= 0.3 is 0 Å². The monoisotopic (exact) mass is 247 g/mol. The molecule has 1 aliphatic heterocycles. The zero-order valence-corrected chi connectivity index (χ0v) is 9.42. The minimum atomic E-state index is -3.41. The number of alkyl halides is 2. The molecule has 17 heavy (non-hydrogen) atoms. The van der Waals surface area contributed by atoms with Crippen LogP contribution in [0.4, 0.5) is 8.78 Å². The molecule has 0 atom stereocenters. The van der Waals surface area contributed by atoms with Crippen LogP contribution in [0.3, 0.4) is 0 Å². The third-order valence-corrected chi connectivity index (χ3v) is 3.67. The Morgan fingerprint density at radius 2 is 1.88 bits per heavy atom. The molecule has 1 saturated heterocycles. The van der Waals surface area contributed by atoms with Gasteiger partial charge < -0.3 is 5.11 Å². The third-order valence-electron chi connectivity index (χ3n) is 3.67. The molecule has 0 aromatic carbocycles. The number of nitrogens with zero attached hydrogens (tertiary/aromatic N) is 1. The first-order chi connectivity index (χ1) is 7.90. The summed E-state index contributed by atoms with van der Waals surface area (Å²) in [5.74, 6) is -4.42. The lowest BCUT2D eigenvalue weighted by Crippen LogP contribution is -2.44. The summed E-state index contributed by atoms with van der Waals surface area (Å²) in [6.07, 6.45) is 3.00. The van der Waals surface area contributed by atoms with Gasteiger partial charge in [-0.1, -0.05) is 12.8 Å². The van der Waals surface area contributed by atoms with Crippen LogP contribution in [0.25, 0.3) is 0 Å². The van der Waals surface area contributed by atoms with Crippen LogP contribution >= 0.6 is 0 Å². The zero-order chi connectivity index (χ0) is 12.7. The van der Waals surface area contributed by atoms with Crippen molar-refractivity contribution in [2.75, 3.05) is 13.2 Å². The lowest BCUT2D eigenvalue weighted by atomic mass is 9.84. The number of hydrogen-bond donors (Lipinski definition) is 1. The van der Waals surface area contributed by atoms with Gasteiger partial charge in [0.15, 0.2) is 0 Å².